The van der Waals surface area contributed by atoms with Crippen molar-refractivity contribution in [2.45, 2.75) is 59.3 Å². The van der Waals surface area contributed by atoms with Crippen LogP contribution in [0.25, 0.3) is 0 Å². The number of hydrogen-bond acceptors (Lipinski definition) is 3. The van der Waals surface area contributed by atoms with E-state index in [1.54, 1.807) is 11.9 Å². The van der Waals surface area contributed by atoms with Gasteiger partial charge in [0, 0.05) is 26.4 Å². The van der Waals surface area contributed by atoms with Gasteiger partial charge in [-0.05, 0) is 33.0 Å². The second-order valence-electron chi connectivity index (χ2n) is 6.24. The van der Waals surface area contributed by atoms with Gasteiger partial charge in [-0.25, -0.2) is 0 Å². The minimum Gasteiger partial charge on any atom is -0.345 e. The second kappa shape index (κ2) is 15.5. The Labute approximate surface area is 131 Å². The molecule has 0 unspecified atom stereocenters. The SMILES string of the molecule is CC(C)CN(C)C.CCCCCCC(=O)N(C)CCC=O. The lowest BCUT2D eigenvalue weighted by Gasteiger charge is -2.15. The van der Waals surface area contributed by atoms with Crippen molar-refractivity contribution < 1.29 is 9.59 Å². The quantitative estimate of drug-likeness (QED) is 0.459. The molecular weight excluding hydrogens is 264 g/mol. The molecule has 0 aromatic heterocycles. The first-order valence-electron chi connectivity index (χ1n) is 8.17. The average molecular weight is 300 g/mol. The van der Waals surface area contributed by atoms with E-state index in [2.05, 4.69) is 39.8 Å². The highest BCUT2D eigenvalue weighted by atomic mass is 16.2. The van der Waals surface area contributed by atoms with Gasteiger partial charge in [-0.2, -0.15) is 0 Å². The molecule has 0 radical (unpaired) electrons. The van der Waals surface area contributed by atoms with E-state index in [1.807, 2.05) is 0 Å². The summed E-state index contributed by atoms with van der Waals surface area (Å²) in [7, 11) is 5.95. The Morgan fingerprint density at radius 3 is 2.10 bits per heavy atom. The van der Waals surface area contributed by atoms with E-state index in [0.717, 1.165) is 25.0 Å². The molecule has 0 aromatic carbocycles. The summed E-state index contributed by atoms with van der Waals surface area (Å²) in [4.78, 5) is 25.4. The van der Waals surface area contributed by atoms with Gasteiger partial charge in [-0.3, -0.25) is 4.79 Å². The van der Waals surface area contributed by atoms with Crippen LogP contribution in [0.3, 0.4) is 0 Å². The Kier molecular flexibility index (Phi) is 16.5. The largest absolute Gasteiger partial charge is 0.345 e. The molecule has 0 spiro atoms. The monoisotopic (exact) mass is 300 g/mol. The van der Waals surface area contributed by atoms with Crippen molar-refractivity contribution in [3.8, 4) is 0 Å². The fourth-order valence-corrected chi connectivity index (χ4v) is 2.00. The van der Waals surface area contributed by atoms with E-state index in [1.165, 1.54) is 19.4 Å². The van der Waals surface area contributed by atoms with Crippen LogP contribution in [0, 0.1) is 5.92 Å². The number of amides is 1. The number of carbonyl (C=O) groups is 2. The minimum absolute atomic E-state index is 0.156. The second-order valence-corrected chi connectivity index (χ2v) is 6.24. The lowest BCUT2D eigenvalue weighted by atomic mass is 10.1. The van der Waals surface area contributed by atoms with E-state index in [9.17, 15) is 9.59 Å². The van der Waals surface area contributed by atoms with E-state index >= 15 is 0 Å². The van der Waals surface area contributed by atoms with Crippen LogP contribution in [0.1, 0.15) is 59.3 Å². The molecule has 0 aliphatic rings. The summed E-state index contributed by atoms with van der Waals surface area (Å²) in [6, 6.07) is 0. The molecule has 0 rings (SSSR count). The first-order chi connectivity index (χ1) is 9.84. The zero-order chi connectivity index (χ0) is 16.7. The lowest BCUT2D eigenvalue weighted by Crippen LogP contribution is -2.27. The van der Waals surface area contributed by atoms with Crippen LogP contribution in [-0.2, 0) is 9.59 Å². The molecule has 4 heteroatoms. The summed E-state index contributed by atoms with van der Waals surface area (Å²) in [5, 5.41) is 0. The van der Waals surface area contributed by atoms with Gasteiger partial charge in [-0.15, -0.1) is 0 Å². The van der Waals surface area contributed by atoms with Gasteiger partial charge in [0.2, 0.25) is 5.91 Å². The molecule has 4 nitrogen and oxygen atoms in total. The summed E-state index contributed by atoms with van der Waals surface area (Å²) < 4.78 is 0. The summed E-state index contributed by atoms with van der Waals surface area (Å²) in [5.74, 6) is 0.956. The van der Waals surface area contributed by atoms with Gasteiger partial charge in [-0.1, -0.05) is 40.0 Å². The Morgan fingerprint density at radius 2 is 1.71 bits per heavy atom. The molecule has 21 heavy (non-hydrogen) atoms. The lowest BCUT2D eigenvalue weighted by molar-refractivity contribution is -0.130. The highest BCUT2D eigenvalue weighted by Crippen LogP contribution is 2.04. The predicted octanol–water partition coefficient (Wildman–Crippen LogP) is 3.21. The molecule has 0 atom stereocenters. The highest BCUT2D eigenvalue weighted by molar-refractivity contribution is 5.76. The molecule has 0 aromatic rings. The van der Waals surface area contributed by atoms with Crippen LogP contribution in [0.5, 0.6) is 0 Å². The van der Waals surface area contributed by atoms with E-state index in [-0.39, 0.29) is 5.91 Å². The molecule has 0 bridgehead atoms. The number of unbranched alkanes of at least 4 members (excludes halogenated alkanes) is 3. The number of hydrogen-bond donors (Lipinski definition) is 0. The number of rotatable bonds is 10. The Balaban J connectivity index is 0. The molecule has 0 saturated heterocycles. The van der Waals surface area contributed by atoms with Crippen molar-refractivity contribution in [1.29, 1.82) is 0 Å². The van der Waals surface area contributed by atoms with Crippen molar-refractivity contribution >= 4 is 12.2 Å². The summed E-state index contributed by atoms with van der Waals surface area (Å²) >= 11 is 0. The van der Waals surface area contributed by atoms with Crippen molar-refractivity contribution in [3.63, 3.8) is 0 Å². The van der Waals surface area contributed by atoms with Crippen molar-refractivity contribution in [1.82, 2.24) is 9.80 Å². The number of carbonyl (C=O) groups excluding carboxylic acids is 2. The van der Waals surface area contributed by atoms with Crippen molar-refractivity contribution in [2.24, 2.45) is 5.92 Å². The standard InChI is InChI=1S/C11H21NO2.C6H15N/c1-3-4-5-6-8-11(14)12(2)9-7-10-13;1-6(2)5-7(3)4/h10H,3-9H2,1-2H3;6H,5H2,1-4H3. The van der Waals surface area contributed by atoms with Gasteiger partial charge in [0.25, 0.3) is 0 Å². The summed E-state index contributed by atoms with van der Waals surface area (Å²) in [6.45, 7) is 8.34. The average Bonchev–Trinajstić information content (AvgIpc) is 2.39. The van der Waals surface area contributed by atoms with Gasteiger partial charge >= 0.3 is 0 Å². The molecule has 0 N–H and O–H groups in total. The normalized spacial score (nSPS) is 10.3. The molecule has 0 aliphatic heterocycles. The first-order valence-corrected chi connectivity index (χ1v) is 8.17. The topological polar surface area (TPSA) is 40.6 Å². The van der Waals surface area contributed by atoms with Crippen LogP contribution in [0.2, 0.25) is 0 Å². The molecule has 1 amide bonds. The zero-order valence-electron chi connectivity index (χ0n) is 15.0. The molecule has 126 valence electrons. The third-order valence-corrected chi connectivity index (χ3v) is 2.98. The van der Waals surface area contributed by atoms with Gasteiger partial charge < -0.3 is 14.6 Å². The minimum atomic E-state index is 0.156. The van der Waals surface area contributed by atoms with Crippen LogP contribution >= 0.6 is 0 Å². The van der Waals surface area contributed by atoms with Gasteiger partial charge in [0.05, 0.1) is 0 Å². The molecule has 0 aliphatic carbocycles. The van der Waals surface area contributed by atoms with Crippen LogP contribution < -0.4 is 0 Å². The maximum absolute atomic E-state index is 11.4. The van der Waals surface area contributed by atoms with E-state index in [4.69, 9.17) is 0 Å². The fourth-order valence-electron chi connectivity index (χ4n) is 2.00. The highest BCUT2D eigenvalue weighted by Gasteiger charge is 2.06. The molecule has 0 saturated carbocycles. The summed E-state index contributed by atoms with van der Waals surface area (Å²) in [5.41, 5.74) is 0. The van der Waals surface area contributed by atoms with E-state index < -0.39 is 0 Å². The zero-order valence-corrected chi connectivity index (χ0v) is 15.0. The maximum atomic E-state index is 11.4. The maximum Gasteiger partial charge on any atom is 0.222 e. The van der Waals surface area contributed by atoms with Crippen molar-refractivity contribution in [2.75, 3.05) is 34.2 Å². The van der Waals surface area contributed by atoms with Gasteiger partial charge in [0.15, 0.2) is 0 Å². The third kappa shape index (κ3) is 19.1. The number of aldehydes is 1. The third-order valence-electron chi connectivity index (χ3n) is 2.98. The number of nitrogens with zero attached hydrogens (tertiary/aromatic N) is 2. The Bertz CT molecular complexity index is 247. The predicted molar refractivity (Wildman–Crippen MR) is 90.5 cm³/mol. The fraction of sp³-hybridized carbons (Fsp3) is 0.882. The molecule has 0 fully saturated rings. The molecular formula is C17H36N2O2. The van der Waals surface area contributed by atoms with Crippen molar-refractivity contribution in [3.05, 3.63) is 0 Å². The van der Waals surface area contributed by atoms with Crippen LogP contribution in [0.4, 0.5) is 0 Å². The summed E-state index contributed by atoms with van der Waals surface area (Å²) in [6.07, 6.45) is 6.40. The van der Waals surface area contributed by atoms with Crippen LogP contribution in [-0.4, -0.2) is 56.2 Å². The Morgan fingerprint density at radius 1 is 1.10 bits per heavy atom. The van der Waals surface area contributed by atoms with E-state index in [0.29, 0.717) is 19.4 Å². The smallest absolute Gasteiger partial charge is 0.222 e. The first kappa shape index (κ1) is 22.4. The molecule has 0 heterocycles. The van der Waals surface area contributed by atoms with Crippen LogP contribution in [0.15, 0.2) is 0 Å². The van der Waals surface area contributed by atoms with Gasteiger partial charge in [0.1, 0.15) is 6.29 Å². The Hall–Kier alpha value is -0.900.